The molecule has 0 spiro atoms. The van der Waals surface area contributed by atoms with Crippen LogP contribution in [0.5, 0.6) is 0 Å². The average molecular weight is 301 g/mol. The van der Waals surface area contributed by atoms with Gasteiger partial charge in [-0.05, 0) is 31.2 Å². The topological polar surface area (TPSA) is 69.8 Å². The Balaban J connectivity index is 0.00000200. The van der Waals surface area contributed by atoms with Crippen LogP contribution in [0.15, 0.2) is 6.07 Å². The third kappa shape index (κ3) is 5.51. The Morgan fingerprint density at radius 3 is 2.85 bits per heavy atom. The number of aromatic amines is 1. The number of carbonyl (C=O) groups excluding carboxylic acids is 1. The highest BCUT2D eigenvalue weighted by molar-refractivity contribution is 5.90. The predicted molar refractivity (Wildman–Crippen MR) is 83.3 cm³/mol. The fourth-order valence-corrected chi connectivity index (χ4v) is 2.44. The van der Waals surface area contributed by atoms with E-state index in [4.69, 9.17) is 0 Å². The first-order chi connectivity index (χ1) is 8.92. The monoisotopic (exact) mass is 300 g/mol. The van der Waals surface area contributed by atoms with Crippen molar-refractivity contribution < 1.29 is 4.79 Å². The van der Waals surface area contributed by atoms with Gasteiger partial charge in [-0.15, -0.1) is 12.4 Å². The summed E-state index contributed by atoms with van der Waals surface area (Å²) in [6.45, 7) is 7.56. The minimum atomic E-state index is 0. The molecule has 2 rings (SSSR count). The molecule has 1 aromatic rings. The number of anilines is 1. The van der Waals surface area contributed by atoms with Gasteiger partial charge in [-0.25, -0.2) is 0 Å². The summed E-state index contributed by atoms with van der Waals surface area (Å²) in [6, 6.07) is 2.25. The van der Waals surface area contributed by atoms with Gasteiger partial charge in [0.25, 0.3) is 0 Å². The number of rotatable bonds is 4. The number of aromatic nitrogens is 2. The van der Waals surface area contributed by atoms with Gasteiger partial charge in [0.15, 0.2) is 5.82 Å². The molecule has 0 aliphatic carbocycles. The van der Waals surface area contributed by atoms with Crippen molar-refractivity contribution in [3.05, 3.63) is 11.8 Å². The second-order valence-electron chi connectivity index (χ2n) is 6.56. The number of nitrogens with zero attached hydrogens (tertiary/aromatic N) is 1. The highest BCUT2D eigenvalue weighted by Crippen LogP contribution is 2.20. The van der Waals surface area contributed by atoms with Crippen molar-refractivity contribution in [3.63, 3.8) is 0 Å². The first kappa shape index (κ1) is 17.0. The van der Waals surface area contributed by atoms with Crippen LogP contribution in [0, 0.1) is 5.41 Å². The van der Waals surface area contributed by atoms with Crippen molar-refractivity contribution >= 4 is 24.1 Å². The molecule has 2 heterocycles. The molecule has 0 aromatic carbocycles. The number of carbonyl (C=O) groups is 1. The minimum Gasteiger partial charge on any atom is -0.313 e. The Bertz CT molecular complexity index is 433. The number of amides is 1. The maximum Gasteiger partial charge on any atom is 0.227 e. The molecule has 0 bridgehead atoms. The maximum atomic E-state index is 11.9. The molecule has 1 aromatic heterocycles. The van der Waals surface area contributed by atoms with Crippen LogP contribution in [-0.4, -0.2) is 28.7 Å². The first-order valence-corrected chi connectivity index (χ1v) is 7.00. The number of hydrogen-bond donors (Lipinski definition) is 3. The molecule has 1 saturated heterocycles. The Labute approximate surface area is 126 Å². The van der Waals surface area contributed by atoms with Crippen LogP contribution in [0.2, 0.25) is 0 Å². The Morgan fingerprint density at radius 1 is 1.50 bits per heavy atom. The summed E-state index contributed by atoms with van der Waals surface area (Å²) in [5.41, 5.74) is 1.27. The van der Waals surface area contributed by atoms with Gasteiger partial charge in [0.1, 0.15) is 0 Å². The summed E-state index contributed by atoms with van der Waals surface area (Å²) < 4.78 is 0. The van der Waals surface area contributed by atoms with Crippen molar-refractivity contribution in [1.29, 1.82) is 0 Å². The highest BCUT2D eigenvalue weighted by Gasteiger charge is 2.18. The third-order valence-electron chi connectivity index (χ3n) is 3.21. The fraction of sp³-hybridized carbons (Fsp3) is 0.714. The van der Waals surface area contributed by atoms with Crippen molar-refractivity contribution in [1.82, 2.24) is 15.5 Å². The van der Waals surface area contributed by atoms with E-state index in [1.807, 2.05) is 6.07 Å². The Morgan fingerprint density at radius 2 is 2.25 bits per heavy atom. The highest BCUT2D eigenvalue weighted by atomic mass is 35.5. The molecule has 1 aliphatic rings. The van der Waals surface area contributed by atoms with Gasteiger partial charge in [0.05, 0.1) is 0 Å². The van der Waals surface area contributed by atoms with E-state index in [0.29, 0.717) is 18.3 Å². The maximum absolute atomic E-state index is 11.9. The van der Waals surface area contributed by atoms with E-state index in [1.165, 1.54) is 0 Å². The van der Waals surface area contributed by atoms with Gasteiger partial charge in [-0.3, -0.25) is 9.89 Å². The van der Waals surface area contributed by atoms with E-state index in [1.54, 1.807) is 0 Å². The molecule has 5 nitrogen and oxygen atoms in total. The van der Waals surface area contributed by atoms with Crippen molar-refractivity contribution in [2.24, 2.45) is 5.41 Å². The second kappa shape index (κ2) is 7.09. The van der Waals surface area contributed by atoms with E-state index in [2.05, 4.69) is 41.6 Å². The Hall–Kier alpha value is -1.07. The average Bonchev–Trinajstić information content (AvgIpc) is 2.88. The van der Waals surface area contributed by atoms with Gasteiger partial charge >= 0.3 is 0 Å². The normalized spacial score (nSPS) is 18.6. The third-order valence-corrected chi connectivity index (χ3v) is 3.21. The molecule has 1 unspecified atom stereocenters. The lowest BCUT2D eigenvalue weighted by atomic mass is 9.91. The lowest BCUT2D eigenvalue weighted by Gasteiger charge is -2.15. The molecular weight excluding hydrogens is 276 g/mol. The summed E-state index contributed by atoms with van der Waals surface area (Å²) in [6.07, 6.45) is 3.70. The molecule has 1 amide bonds. The van der Waals surface area contributed by atoms with E-state index in [0.717, 1.165) is 31.5 Å². The van der Waals surface area contributed by atoms with Gasteiger partial charge < -0.3 is 10.6 Å². The van der Waals surface area contributed by atoms with E-state index in [-0.39, 0.29) is 23.7 Å². The van der Waals surface area contributed by atoms with E-state index in [9.17, 15) is 4.79 Å². The molecule has 1 atom stereocenters. The quantitative estimate of drug-likeness (QED) is 0.800. The fourth-order valence-electron chi connectivity index (χ4n) is 2.44. The number of H-pyrrole nitrogens is 1. The zero-order chi connectivity index (χ0) is 13.9. The van der Waals surface area contributed by atoms with Crippen LogP contribution in [-0.2, 0) is 11.2 Å². The predicted octanol–water partition coefficient (Wildman–Crippen LogP) is 2.50. The molecule has 0 radical (unpaired) electrons. The summed E-state index contributed by atoms with van der Waals surface area (Å²) in [5, 5.41) is 13.3. The van der Waals surface area contributed by atoms with Crippen LogP contribution in [0.3, 0.4) is 0 Å². The SMILES string of the molecule is CC(C)(C)Cc1cc(NC(=O)CC2CCCN2)n[nH]1.Cl. The lowest BCUT2D eigenvalue weighted by Crippen LogP contribution is -2.27. The molecular formula is C14H25ClN4O. The van der Waals surface area contributed by atoms with E-state index < -0.39 is 0 Å². The molecule has 6 heteroatoms. The second-order valence-corrected chi connectivity index (χ2v) is 6.56. The van der Waals surface area contributed by atoms with Crippen LogP contribution >= 0.6 is 12.4 Å². The zero-order valence-corrected chi connectivity index (χ0v) is 13.3. The summed E-state index contributed by atoms with van der Waals surface area (Å²) in [5.74, 6) is 0.662. The Kier molecular flexibility index (Phi) is 6.02. The van der Waals surface area contributed by atoms with Crippen LogP contribution in [0.4, 0.5) is 5.82 Å². The molecule has 20 heavy (non-hydrogen) atoms. The molecule has 3 N–H and O–H groups in total. The lowest BCUT2D eigenvalue weighted by molar-refractivity contribution is -0.116. The summed E-state index contributed by atoms with van der Waals surface area (Å²) in [4.78, 5) is 11.9. The smallest absolute Gasteiger partial charge is 0.227 e. The summed E-state index contributed by atoms with van der Waals surface area (Å²) in [7, 11) is 0. The molecule has 114 valence electrons. The van der Waals surface area contributed by atoms with Gasteiger partial charge in [0.2, 0.25) is 5.91 Å². The number of halogens is 1. The number of nitrogens with one attached hydrogen (secondary N) is 3. The minimum absolute atomic E-state index is 0. The standard InChI is InChI=1S/C14H24N4O.ClH/c1-14(2,3)9-11-7-12(18-17-11)16-13(19)8-10-5-4-6-15-10;/h7,10,15H,4-6,8-9H2,1-3H3,(H2,16,17,18,19);1H. The van der Waals surface area contributed by atoms with Crippen LogP contribution < -0.4 is 10.6 Å². The van der Waals surface area contributed by atoms with Gasteiger partial charge in [-0.1, -0.05) is 20.8 Å². The zero-order valence-electron chi connectivity index (χ0n) is 12.5. The number of hydrogen-bond acceptors (Lipinski definition) is 3. The van der Waals surface area contributed by atoms with Crippen LogP contribution in [0.1, 0.15) is 45.7 Å². The summed E-state index contributed by atoms with van der Waals surface area (Å²) >= 11 is 0. The van der Waals surface area contributed by atoms with Crippen molar-refractivity contribution in [2.45, 2.75) is 52.5 Å². The van der Waals surface area contributed by atoms with Crippen LogP contribution in [0.25, 0.3) is 0 Å². The van der Waals surface area contributed by atoms with Crippen molar-refractivity contribution in [3.8, 4) is 0 Å². The van der Waals surface area contributed by atoms with Gasteiger partial charge in [0, 0.05) is 24.2 Å². The largest absolute Gasteiger partial charge is 0.313 e. The molecule has 1 aliphatic heterocycles. The first-order valence-electron chi connectivity index (χ1n) is 7.00. The molecule has 0 saturated carbocycles. The van der Waals surface area contributed by atoms with Crippen molar-refractivity contribution in [2.75, 3.05) is 11.9 Å². The van der Waals surface area contributed by atoms with Gasteiger partial charge in [-0.2, -0.15) is 5.10 Å². The van der Waals surface area contributed by atoms with E-state index >= 15 is 0 Å². The molecule has 1 fully saturated rings.